The Labute approximate surface area is 217 Å². The summed E-state index contributed by atoms with van der Waals surface area (Å²) in [7, 11) is -1.41. The van der Waals surface area contributed by atoms with Gasteiger partial charge in [-0.05, 0) is 86.3 Å². The van der Waals surface area contributed by atoms with Gasteiger partial charge in [0.2, 0.25) is 0 Å². The Kier molecular flexibility index (Phi) is 8.33. The van der Waals surface area contributed by atoms with Gasteiger partial charge in [0.25, 0.3) is 0 Å². The zero-order valence-corrected chi connectivity index (χ0v) is 21.2. The van der Waals surface area contributed by atoms with Gasteiger partial charge in [-0.15, -0.1) is 11.8 Å². The zero-order valence-electron chi connectivity index (χ0n) is 18.7. The van der Waals surface area contributed by atoms with Crippen molar-refractivity contribution in [1.82, 2.24) is 0 Å². The fourth-order valence-electron chi connectivity index (χ4n) is 3.78. The minimum atomic E-state index is -4.48. The molecule has 1 saturated carbocycles. The first-order valence-electron chi connectivity index (χ1n) is 10.8. The molecule has 4 rings (SSSR count). The lowest BCUT2D eigenvalue weighted by Gasteiger charge is -2.32. The van der Waals surface area contributed by atoms with Crippen molar-refractivity contribution in [2.24, 2.45) is 0 Å². The van der Waals surface area contributed by atoms with E-state index in [0.717, 1.165) is 40.7 Å². The van der Waals surface area contributed by atoms with Crippen LogP contribution in [0.2, 0.25) is 5.02 Å². The summed E-state index contributed by atoms with van der Waals surface area (Å²) >= 11 is 7.58. The van der Waals surface area contributed by atoms with Crippen molar-refractivity contribution >= 4 is 41.9 Å². The minimum absolute atomic E-state index is 0.0231. The van der Waals surface area contributed by atoms with Gasteiger partial charge in [0.05, 0.1) is 11.1 Å². The first-order valence-corrected chi connectivity index (χ1v) is 13.4. The van der Waals surface area contributed by atoms with Crippen molar-refractivity contribution in [1.29, 1.82) is 0 Å². The van der Waals surface area contributed by atoms with Gasteiger partial charge < -0.3 is 0 Å². The van der Waals surface area contributed by atoms with Crippen LogP contribution in [0.25, 0.3) is 0 Å². The summed E-state index contributed by atoms with van der Waals surface area (Å²) in [5.74, 6) is 0.973. The van der Waals surface area contributed by atoms with E-state index in [-0.39, 0.29) is 5.25 Å². The largest absolute Gasteiger partial charge is 0.416 e. The van der Waals surface area contributed by atoms with Crippen LogP contribution in [-0.2, 0) is 12.4 Å². The van der Waals surface area contributed by atoms with E-state index in [1.165, 1.54) is 24.3 Å². The third kappa shape index (κ3) is 6.41. The van der Waals surface area contributed by atoms with Gasteiger partial charge >= 0.3 is 12.4 Å². The molecule has 1 aliphatic rings. The molecule has 0 amide bonds. The molecular weight excluding hydrogens is 537 g/mol. The third-order valence-electron chi connectivity index (χ3n) is 5.54. The molecule has 5 radical (unpaired) electrons. The van der Waals surface area contributed by atoms with Crippen molar-refractivity contribution in [3.63, 3.8) is 0 Å². The number of benzene rings is 3. The molecule has 0 bridgehead atoms. The van der Waals surface area contributed by atoms with Gasteiger partial charge in [-0.25, -0.2) is 0 Å². The lowest BCUT2D eigenvalue weighted by Crippen LogP contribution is -2.23. The van der Waals surface area contributed by atoms with Crippen LogP contribution < -0.4 is 10.6 Å². The standard InChI is InChI=1S/C27H19ClF6PS/c1-17(36-23-15-9-20(28)10-16-23)24-3-2-4-25(24)35(21-11-5-18(6-12-21)26(29,30)31)22-13-7-19(8-14-22)27(32,33)34/h2-17H,1H3/t17-/m0/s1. The molecule has 1 aliphatic carbocycles. The van der Waals surface area contributed by atoms with Gasteiger partial charge in [0.1, 0.15) is 0 Å². The maximum atomic E-state index is 13.2. The molecular formula is C27H19ClF6PS. The molecule has 0 saturated heterocycles. The number of halogens is 7. The predicted octanol–water partition coefficient (Wildman–Crippen LogP) is 8.72. The van der Waals surface area contributed by atoms with E-state index in [2.05, 4.69) is 0 Å². The van der Waals surface area contributed by atoms with E-state index < -0.39 is 31.4 Å². The van der Waals surface area contributed by atoms with E-state index in [0.29, 0.717) is 15.6 Å². The van der Waals surface area contributed by atoms with Crippen LogP contribution in [0, 0.1) is 30.8 Å². The Bertz CT molecular complexity index is 1090. The summed E-state index contributed by atoms with van der Waals surface area (Å²) in [5, 5.41) is 1.84. The second-order valence-corrected chi connectivity index (χ2v) is 12.0. The monoisotopic (exact) mass is 555 g/mol. The highest BCUT2D eigenvalue weighted by molar-refractivity contribution is 8.00. The fraction of sp³-hybridized carbons (Fsp3) is 0.148. The molecule has 187 valence electrons. The van der Waals surface area contributed by atoms with Crippen LogP contribution >= 0.6 is 31.3 Å². The maximum Gasteiger partial charge on any atom is 0.416 e. The fourth-order valence-corrected chi connectivity index (χ4v) is 7.54. The Hall–Kier alpha value is -1.69. The molecule has 36 heavy (non-hydrogen) atoms. The van der Waals surface area contributed by atoms with Crippen LogP contribution in [0.15, 0.2) is 77.7 Å². The van der Waals surface area contributed by atoms with Crippen molar-refractivity contribution in [3.8, 4) is 0 Å². The van der Waals surface area contributed by atoms with E-state index >= 15 is 0 Å². The van der Waals surface area contributed by atoms with Crippen LogP contribution in [0.3, 0.4) is 0 Å². The van der Waals surface area contributed by atoms with Crippen molar-refractivity contribution < 1.29 is 26.3 Å². The number of hydrogen-bond donors (Lipinski definition) is 0. The first kappa shape index (κ1) is 27.3. The van der Waals surface area contributed by atoms with Crippen molar-refractivity contribution in [2.45, 2.75) is 29.4 Å². The lowest BCUT2D eigenvalue weighted by atomic mass is 10.0. The summed E-state index contributed by atoms with van der Waals surface area (Å²) in [6, 6.07) is 17.1. The summed E-state index contributed by atoms with van der Waals surface area (Å²) in [4.78, 5) is 0.993. The Morgan fingerprint density at radius 1 is 0.694 bits per heavy atom. The normalized spacial score (nSPS) is 16.6. The molecule has 1 fully saturated rings. The minimum Gasteiger partial charge on any atom is -0.166 e. The van der Waals surface area contributed by atoms with Gasteiger partial charge in [-0.2, -0.15) is 26.3 Å². The molecule has 0 aromatic heterocycles. The average Bonchev–Trinajstić information content (AvgIpc) is 3.30. The molecule has 0 heterocycles. The maximum absolute atomic E-state index is 13.2. The highest BCUT2D eigenvalue weighted by atomic mass is 35.5. The molecule has 0 N–H and O–H groups in total. The van der Waals surface area contributed by atoms with E-state index in [1.807, 2.05) is 38.3 Å². The number of rotatable bonds is 6. The van der Waals surface area contributed by atoms with E-state index in [9.17, 15) is 26.3 Å². The third-order valence-corrected chi connectivity index (χ3v) is 9.46. The Morgan fingerprint density at radius 2 is 1.17 bits per heavy atom. The number of hydrogen-bond acceptors (Lipinski definition) is 1. The molecule has 1 atom stereocenters. The molecule has 0 unspecified atom stereocenters. The van der Waals surface area contributed by atoms with Crippen LogP contribution in [0.4, 0.5) is 26.3 Å². The molecule has 0 spiro atoms. The molecule has 3 aromatic carbocycles. The summed E-state index contributed by atoms with van der Waals surface area (Å²) < 4.78 is 79.0. The quantitative estimate of drug-likeness (QED) is 0.166. The van der Waals surface area contributed by atoms with Gasteiger partial charge in [0, 0.05) is 26.7 Å². The first-order chi connectivity index (χ1) is 16.9. The molecule has 3 aromatic rings. The SMILES string of the molecule is C[C@H](Sc1ccc(Cl)cc1)[C]1[CH][CH][CH][C]1P(c1ccc(C(F)(F)F)cc1)c1ccc(C(F)(F)F)cc1. The summed E-state index contributed by atoms with van der Waals surface area (Å²) in [6.07, 6.45) is -3.25. The summed E-state index contributed by atoms with van der Waals surface area (Å²) in [6.45, 7) is 2.02. The average molecular weight is 556 g/mol. The number of alkyl halides is 6. The molecule has 0 aliphatic heterocycles. The zero-order chi connectivity index (χ0) is 26.1. The highest BCUT2D eigenvalue weighted by Crippen LogP contribution is 2.58. The summed E-state index contributed by atoms with van der Waals surface area (Å²) in [5.41, 5.74) is -0.662. The van der Waals surface area contributed by atoms with E-state index in [1.54, 1.807) is 23.9 Å². The van der Waals surface area contributed by atoms with Crippen molar-refractivity contribution in [2.75, 3.05) is 0 Å². The Balaban J connectivity index is 1.68. The van der Waals surface area contributed by atoms with E-state index in [4.69, 9.17) is 11.6 Å². The van der Waals surface area contributed by atoms with Crippen molar-refractivity contribution in [3.05, 3.63) is 120 Å². The van der Waals surface area contributed by atoms with Crippen LogP contribution in [0.5, 0.6) is 0 Å². The highest BCUT2D eigenvalue weighted by Gasteiger charge is 2.41. The van der Waals surface area contributed by atoms with Gasteiger partial charge in [0.15, 0.2) is 0 Å². The van der Waals surface area contributed by atoms with Gasteiger partial charge in [-0.1, -0.05) is 42.8 Å². The van der Waals surface area contributed by atoms with Gasteiger partial charge in [-0.3, -0.25) is 0 Å². The second kappa shape index (κ2) is 11.0. The smallest absolute Gasteiger partial charge is 0.166 e. The topological polar surface area (TPSA) is 0 Å². The second-order valence-electron chi connectivity index (χ2n) is 8.01. The van der Waals surface area contributed by atoms with Crippen LogP contribution in [0.1, 0.15) is 18.1 Å². The van der Waals surface area contributed by atoms with Crippen LogP contribution in [-0.4, -0.2) is 5.25 Å². The Morgan fingerprint density at radius 3 is 1.61 bits per heavy atom. The number of thioether (sulfide) groups is 1. The molecule has 0 nitrogen and oxygen atoms in total. The lowest BCUT2D eigenvalue weighted by molar-refractivity contribution is -0.138. The predicted molar refractivity (Wildman–Crippen MR) is 135 cm³/mol. The molecule has 9 heteroatoms.